The van der Waals surface area contributed by atoms with Gasteiger partial charge in [0.1, 0.15) is 0 Å². The zero-order valence-electron chi connectivity index (χ0n) is 22.2. The number of likely N-dealkylation sites (tertiary alicyclic amines) is 1. The number of carbonyl (C=O) groups is 1. The summed E-state index contributed by atoms with van der Waals surface area (Å²) in [5, 5.41) is 15.1. The van der Waals surface area contributed by atoms with Gasteiger partial charge < -0.3 is 30.0 Å². The van der Waals surface area contributed by atoms with Crippen LogP contribution in [-0.4, -0.2) is 61.5 Å². The molecule has 3 N–H and O–H groups in total. The average Bonchev–Trinajstić information content (AvgIpc) is 3.36. The fourth-order valence-electron chi connectivity index (χ4n) is 5.27. The monoisotopic (exact) mass is 511 g/mol. The third-order valence-electron chi connectivity index (χ3n) is 7.44. The average molecular weight is 512 g/mol. The molecule has 37 heavy (non-hydrogen) atoms. The molecule has 2 aliphatic heterocycles. The van der Waals surface area contributed by atoms with Gasteiger partial charge in [0.2, 0.25) is 0 Å². The number of aliphatic hydroxyl groups is 1. The lowest BCUT2D eigenvalue weighted by Gasteiger charge is -2.43. The SMILES string of the molecule is CCNC(=O)NCc1ccc(C2OC(CN3CCCC3COC)C(C)C(c3ccc(CO)cc3)O2)cc1. The molecule has 5 unspecified atom stereocenters. The van der Waals surface area contributed by atoms with Gasteiger partial charge in [-0.1, -0.05) is 55.5 Å². The zero-order valence-corrected chi connectivity index (χ0v) is 22.2. The van der Waals surface area contributed by atoms with Crippen molar-refractivity contribution >= 4 is 6.03 Å². The van der Waals surface area contributed by atoms with Gasteiger partial charge in [-0.25, -0.2) is 4.79 Å². The number of nitrogens with zero attached hydrogens (tertiary/aromatic N) is 1. The molecule has 2 saturated heterocycles. The van der Waals surface area contributed by atoms with E-state index in [0.29, 0.717) is 19.1 Å². The second-order valence-corrected chi connectivity index (χ2v) is 10.0. The lowest BCUT2D eigenvalue weighted by molar-refractivity contribution is -0.276. The van der Waals surface area contributed by atoms with Gasteiger partial charge in [-0.05, 0) is 43.0 Å². The molecule has 8 nitrogen and oxygen atoms in total. The Kier molecular flexibility index (Phi) is 9.94. The molecule has 2 fully saturated rings. The summed E-state index contributed by atoms with van der Waals surface area (Å²) in [7, 11) is 1.77. The molecule has 0 aliphatic carbocycles. The topological polar surface area (TPSA) is 92.3 Å². The number of nitrogens with one attached hydrogen (secondary N) is 2. The highest BCUT2D eigenvalue weighted by atomic mass is 16.7. The van der Waals surface area contributed by atoms with Gasteiger partial charge in [0.15, 0.2) is 6.29 Å². The Hall–Kier alpha value is -2.49. The fourth-order valence-corrected chi connectivity index (χ4v) is 5.27. The van der Waals surface area contributed by atoms with Crippen LogP contribution in [0.1, 0.15) is 61.3 Å². The Morgan fingerprint density at radius 3 is 2.43 bits per heavy atom. The summed E-state index contributed by atoms with van der Waals surface area (Å²) >= 11 is 0. The number of urea groups is 1. The Morgan fingerprint density at radius 1 is 1.05 bits per heavy atom. The number of benzene rings is 2. The van der Waals surface area contributed by atoms with E-state index in [1.165, 1.54) is 6.42 Å². The van der Waals surface area contributed by atoms with Crippen molar-refractivity contribution in [3.05, 3.63) is 70.8 Å². The van der Waals surface area contributed by atoms with E-state index in [1.54, 1.807) is 7.11 Å². The number of aliphatic hydroxyl groups excluding tert-OH is 1. The van der Waals surface area contributed by atoms with E-state index in [9.17, 15) is 9.90 Å². The van der Waals surface area contributed by atoms with Gasteiger partial charge in [0.25, 0.3) is 0 Å². The maximum atomic E-state index is 11.7. The summed E-state index contributed by atoms with van der Waals surface area (Å²) in [6, 6.07) is 16.3. The Labute approximate surface area is 220 Å². The number of ether oxygens (including phenoxy) is 3. The van der Waals surface area contributed by atoms with Gasteiger partial charge in [-0.2, -0.15) is 0 Å². The quantitative estimate of drug-likeness (QED) is 0.448. The summed E-state index contributed by atoms with van der Waals surface area (Å²) in [6.07, 6.45) is 1.66. The first-order valence-electron chi connectivity index (χ1n) is 13.4. The van der Waals surface area contributed by atoms with Gasteiger partial charge in [-0.3, -0.25) is 4.90 Å². The highest BCUT2D eigenvalue weighted by Gasteiger charge is 2.40. The van der Waals surface area contributed by atoms with Crippen LogP contribution in [-0.2, 0) is 27.4 Å². The predicted octanol–water partition coefficient (Wildman–Crippen LogP) is 3.90. The second-order valence-electron chi connectivity index (χ2n) is 10.0. The molecular formula is C29H41N3O5. The third kappa shape index (κ3) is 7.09. The molecule has 0 radical (unpaired) electrons. The lowest BCUT2D eigenvalue weighted by atomic mass is 9.90. The van der Waals surface area contributed by atoms with Gasteiger partial charge >= 0.3 is 6.03 Å². The minimum absolute atomic E-state index is 0.0159. The smallest absolute Gasteiger partial charge is 0.315 e. The standard InChI is InChI=1S/C29H41N3O5/c1-4-30-29(34)31-16-21-7-13-24(14-8-21)28-36-26(17-32-15-5-6-25(32)19-35-3)20(2)27(37-28)23-11-9-22(18-33)10-12-23/h7-14,20,25-28,33H,4-6,15-19H2,1-3H3,(H2,30,31,34). The van der Waals surface area contributed by atoms with Crippen LogP contribution in [0, 0.1) is 5.92 Å². The molecule has 0 spiro atoms. The van der Waals surface area contributed by atoms with Gasteiger partial charge in [-0.15, -0.1) is 0 Å². The first-order chi connectivity index (χ1) is 18.0. The first kappa shape index (κ1) is 27.5. The minimum Gasteiger partial charge on any atom is -0.392 e. The van der Waals surface area contributed by atoms with Crippen LogP contribution in [0.15, 0.2) is 48.5 Å². The van der Waals surface area contributed by atoms with Crippen LogP contribution in [0.5, 0.6) is 0 Å². The normalized spacial score (nSPS) is 26.2. The van der Waals surface area contributed by atoms with E-state index in [2.05, 4.69) is 22.5 Å². The maximum Gasteiger partial charge on any atom is 0.315 e. The predicted molar refractivity (Wildman–Crippen MR) is 142 cm³/mol. The van der Waals surface area contributed by atoms with E-state index in [-0.39, 0.29) is 30.8 Å². The minimum atomic E-state index is -0.502. The molecule has 2 aromatic carbocycles. The van der Waals surface area contributed by atoms with Crippen molar-refractivity contribution in [1.82, 2.24) is 15.5 Å². The van der Waals surface area contributed by atoms with E-state index < -0.39 is 6.29 Å². The Morgan fingerprint density at radius 2 is 1.76 bits per heavy atom. The molecule has 8 heteroatoms. The van der Waals surface area contributed by atoms with Crippen LogP contribution < -0.4 is 10.6 Å². The Bertz CT molecular complexity index is 984. The molecule has 2 aromatic rings. The van der Waals surface area contributed by atoms with Crippen LogP contribution in [0.25, 0.3) is 0 Å². The van der Waals surface area contributed by atoms with E-state index in [1.807, 2.05) is 55.5 Å². The fraction of sp³-hybridized carbons (Fsp3) is 0.552. The summed E-state index contributed by atoms with van der Waals surface area (Å²) in [5.74, 6) is 0.139. The van der Waals surface area contributed by atoms with Crippen molar-refractivity contribution in [2.75, 3.05) is 33.4 Å². The number of amides is 2. The van der Waals surface area contributed by atoms with Crippen molar-refractivity contribution in [3.63, 3.8) is 0 Å². The molecule has 5 atom stereocenters. The summed E-state index contributed by atoms with van der Waals surface area (Å²) in [5.41, 5.74) is 3.92. The van der Waals surface area contributed by atoms with Crippen molar-refractivity contribution in [2.45, 2.75) is 64.4 Å². The van der Waals surface area contributed by atoms with E-state index >= 15 is 0 Å². The summed E-state index contributed by atoms with van der Waals surface area (Å²) in [4.78, 5) is 14.2. The number of hydrogen-bond donors (Lipinski definition) is 3. The first-order valence-corrected chi connectivity index (χ1v) is 13.4. The molecule has 0 aromatic heterocycles. The van der Waals surface area contributed by atoms with Crippen molar-refractivity contribution in [1.29, 1.82) is 0 Å². The molecule has 2 aliphatic rings. The molecule has 0 bridgehead atoms. The largest absolute Gasteiger partial charge is 0.392 e. The second kappa shape index (κ2) is 13.3. The van der Waals surface area contributed by atoms with Gasteiger partial charge in [0.05, 0.1) is 25.4 Å². The maximum absolute atomic E-state index is 11.7. The number of carbonyl (C=O) groups excluding carboxylic acids is 1. The van der Waals surface area contributed by atoms with Crippen LogP contribution in [0.2, 0.25) is 0 Å². The van der Waals surface area contributed by atoms with Gasteiger partial charge in [0, 0.05) is 44.3 Å². The highest BCUT2D eigenvalue weighted by Crippen LogP contribution is 2.42. The molecule has 2 heterocycles. The number of rotatable bonds is 10. The number of hydrogen-bond acceptors (Lipinski definition) is 6. The van der Waals surface area contributed by atoms with E-state index in [0.717, 1.165) is 48.4 Å². The molecule has 202 valence electrons. The number of methoxy groups -OCH3 is 1. The highest BCUT2D eigenvalue weighted by molar-refractivity contribution is 5.73. The Balaban J connectivity index is 1.52. The van der Waals surface area contributed by atoms with Crippen LogP contribution in [0.3, 0.4) is 0 Å². The third-order valence-corrected chi connectivity index (χ3v) is 7.44. The van der Waals surface area contributed by atoms with Crippen molar-refractivity contribution in [3.8, 4) is 0 Å². The lowest BCUT2D eigenvalue weighted by Crippen LogP contribution is -2.46. The van der Waals surface area contributed by atoms with Crippen LogP contribution in [0.4, 0.5) is 4.79 Å². The summed E-state index contributed by atoms with van der Waals surface area (Å²) < 4.78 is 18.7. The zero-order chi connectivity index (χ0) is 26.2. The van der Waals surface area contributed by atoms with Crippen LogP contribution >= 0.6 is 0 Å². The molecule has 0 saturated carbocycles. The molecule has 2 amide bonds. The molecule has 4 rings (SSSR count). The molecular weight excluding hydrogens is 470 g/mol. The van der Waals surface area contributed by atoms with Crippen molar-refractivity contribution < 1.29 is 24.1 Å². The van der Waals surface area contributed by atoms with E-state index in [4.69, 9.17) is 14.2 Å². The van der Waals surface area contributed by atoms with Crippen molar-refractivity contribution in [2.24, 2.45) is 5.92 Å². The summed E-state index contributed by atoms with van der Waals surface area (Å²) in [6.45, 7) is 7.77.